The first-order valence-corrected chi connectivity index (χ1v) is 10.7. The van der Waals surface area contributed by atoms with Crippen LogP contribution in [0.15, 0.2) is 48.5 Å². The second-order valence-corrected chi connectivity index (χ2v) is 7.64. The van der Waals surface area contributed by atoms with E-state index in [9.17, 15) is 4.79 Å². The molecule has 2 aromatic carbocycles. The number of fused-ring (bicyclic) bond motifs is 2. The zero-order valence-electron chi connectivity index (χ0n) is 17.8. The number of hydrogen-bond acceptors (Lipinski definition) is 7. The van der Waals surface area contributed by atoms with E-state index in [1.165, 1.54) is 0 Å². The van der Waals surface area contributed by atoms with Gasteiger partial charge in [-0.3, -0.25) is 4.57 Å². The number of esters is 1. The predicted octanol–water partition coefficient (Wildman–Crippen LogP) is 3.89. The van der Waals surface area contributed by atoms with Crippen molar-refractivity contribution in [3.8, 4) is 11.4 Å². The number of hydrogen-bond donors (Lipinski definition) is 1. The number of carbonyl (C=O) groups excluding carboxylic acids is 1. The number of rotatable bonds is 6. The Balaban J connectivity index is 1.62. The minimum atomic E-state index is -0.530. The molecular formula is C24H24N4O4. The Kier molecular flexibility index (Phi) is 5.36. The summed E-state index contributed by atoms with van der Waals surface area (Å²) in [7, 11) is 0. The van der Waals surface area contributed by atoms with Crippen LogP contribution < -0.4 is 10.5 Å². The Hall–Kier alpha value is -3.65. The van der Waals surface area contributed by atoms with E-state index >= 15 is 0 Å². The van der Waals surface area contributed by atoms with Crippen LogP contribution in [0.3, 0.4) is 0 Å². The summed E-state index contributed by atoms with van der Waals surface area (Å²) in [5, 5.41) is 0. The molecule has 2 N–H and O–H groups in total. The number of nitrogens with two attached hydrogens (primary N) is 1. The zero-order chi connectivity index (χ0) is 22.1. The Bertz CT molecular complexity index is 1280. The summed E-state index contributed by atoms with van der Waals surface area (Å²) in [5.74, 6) is 0.452. The Morgan fingerprint density at radius 2 is 1.91 bits per heavy atom. The summed E-state index contributed by atoms with van der Waals surface area (Å²) >= 11 is 0. The van der Waals surface area contributed by atoms with Crippen LogP contribution in [0.1, 0.15) is 30.1 Å². The molecule has 8 nitrogen and oxygen atoms in total. The lowest BCUT2D eigenvalue weighted by Gasteiger charge is -2.11. The molecule has 1 saturated heterocycles. The van der Waals surface area contributed by atoms with Crippen LogP contribution in [0.5, 0.6) is 5.75 Å². The first-order chi connectivity index (χ1) is 15.7. The van der Waals surface area contributed by atoms with Crippen molar-refractivity contribution in [2.24, 2.45) is 0 Å². The summed E-state index contributed by atoms with van der Waals surface area (Å²) in [5.41, 5.74) is 9.77. The van der Waals surface area contributed by atoms with Crippen molar-refractivity contribution in [3.63, 3.8) is 0 Å². The fraction of sp³-hybridized carbons (Fsp3) is 0.292. The molecule has 32 heavy (non-hydrogen) atoms. The minimum Gasteiger partial charge on any atom is -0.494 e. The molecule has 164 valence electrons. The van der Waals surface area contributed by atoms with Crippen molar-refractivity contribution in [3.05, 3.63) is 54.1 Å². The molecule has 0 amide bonds. The number of aromatic nitrogens is 3. The first kappa shape index (κ1) is 20.3. The van der Waals surface area contributed by atoms with Crippen molar-refractivity contribution in [2.45, 2.75) is 25.9 Å². The fourth-order valence-electron chi connectivity index (χ4n) is 4.00. The van der Waals surface area contributed by atoms with Crippen LogP contribution in [-0.4, -0.2) is 46.4 Å². The lowest BCUT2D eigenvalue weighted by Crippen LogP contribution is -2.18. The highest BCUT2D eigenvalue weighted by atomic mass is 16.6. The molecule has 4 aromatic rings. The van der Waals surface area contributed by atoms with Crippen LogP contribution >= 0.6 is 0 Å². The van der Waals surface area contributed by atoms with E-state index in [1.807, 2.05) is 55.5 Å². The lowest BCUT2D eigenvalue weighted by atomic mass is 10.2. The monoisotopic (exact) mass is 432 g/mol. The highest BCUT2D eigenvalue weighted by Gasteiger charge is 2.27. The standard InChI is InChI=1S/C24H24N4O4/c1-2-30-16-11-9-15(10-12-16)28-22(25)20(24(29)32-14-17-6-5-13-31-17)21-23(28)27-19-8-4-3-7-18(19)26-21/h3-4,7-12,17H,2,5-6,13-14,25H2,1H3/t17-/m0/s1. The summed E-state index contributed by atoms with van der Waals surface area (Å²) < 4.78 is 18.4. The Morgan fingerprint density at radius 3 is 2.59 bits per heavy atom. The molecule has 3 heterocycles. The van der Waals surface area contributed by atoms with Crippen molar-refractivity contribution < 1.29 is 19.0 Å². The second kappa shape index (κ2) is 8.47. The van der Waals surface area contributed by atoms with Crippen molar-refractivity contribution >= 4 is 34.0 Å². The van der Waals surface area contributed by atoms with Crippen LogP contribution in [0.2, 0.25) is 0 Å². The third kappa shape index (κ3) is 3.62. The van der Waals surface area contributed by atoms with Crippen LogP contribution in [0, 0.1) is 0 Å². The number of ether oxygens (including phenoxy) is 3. The van der Waals surface area contributed by atoms with Gasteiger partial charge in [0, 0.05) is 12.3 Å². The fourth-order valence-corrected chi connectivity index (χ4v) is 4.00. The van der Waals surface area contributed by atoms with Gasteiger partial charge in [-0.05, 0) is 56.2 Å². The van der Waals surface area contributed by atoms with E-state index in [0.29, 0.717) is 35.4 Å². The molecule has 0 bridgehead atoms. The highest BCUT2D eigenvalue weighted by Crippen LogP contribution is 2.32. The molecule has 0 spiro atoms. The number of anilines is 1. The van der Waals surface area contributed by atoms with Gasteiger partial charge in [-0.15, -0.1) is 0 Å². The average Bonchev–Trinajstić information content (AvgIpc) is 3.42. The normalized spacial score (nSPS) is 16.0. The topological polar surface area (TPSA) is 101 Å². The van der Waals surface area contributed by atoms with E-state index in [4.69, 9.17) is 29.9 Å². The smallest absolute Gasteiger partial charge is 0.344 e. The molecule has 1 atom stereocenters. The maximum Gasteiger partial charge on any atom is 0.344 e. The molecule has 2 aromatic heterocycles. The maximum atomic E-state index is 13.1. The van der Waals surface area contributed by atoms with Gasteiger partial charge in [0.25, 0.3) is 0 Å². The van der Waals surface area contributed by atoms with Gasteiger partial charge < -0.3 is 19.9 Å². The molecular weight excluding hydrogens is 408 g/mol. The third-order valence-electron chi connectivity index (χ3n) is 5.53. The molecule has 8 heteroatoms. The maximum absolute atomic E-state index is 13.1. The quantitative estimate of drug-likeness (QED) is 0.461. The number of nitrogen functional groups attached to an aromatic ring is 1. The number of para-hydroxylation sites is 2. The van der Waals surface area contributed by atoms with Crippen LogP contribution in [0.25, 0.3) is 27.9 Å². The van der Waals surface area contributed by atoms with Gasteiger partial charge in [0.05, 0.1) is 23.7 Å². The largest absolute Gasteiger partial charge is 0.494 e. The van der Waals surface area contributed by atoms with Crippen LogP contribution in [0.4, 0.5) is 5.82 Å². The Labute approximate surface area is 184 Å². The molecule has 1 fully saturated rings. The zero-order valence-corrected chi connectivity index (χ0v) is 17.8. The van der Waals surface area contributed by atoms with Crippen molar-refractivity contribution in [1.29, 1.82) is 0 Å². The van der Waals surface area contributed by atoms with Gasteiger partial charge in [0.15, 0.2) is 5.65 Å². The summed E-state index contributed by atoms with van der Waals surface area (Å²) in [6.07, 6.45) is 1.77. The van der Waals surface area contributed by atoms with Gasteiger partial charge in [0.2, 0.25) is 0 Å². The molecule has 5 rings (SSSR count). The highest BCUT2D eigenvalue weighted by molar-refractivity contribution is 6.09. The lowest BCUT2D eigenvalue weighted by molar-refractivity contribution is 0.0163. The van der Waals surface area contributed by atoms with Gasteiger partial charge in [-0.1, -0.05) is 12.1 Å². The summed E-state index contributed by atoms with van der Waals surface area (Å²) in [4.78, 5) is 22.6. The van der Waals surface area contributed by atoms with E-state index < -0.39 is 5.97 Å². The molecule has 0 radical (unpaired) electrons. The number of carbonyl (C=O) groups is 1. The number of benzene rings is 2. The van der Waals surface area contributed by atoms with E-state index in [0.717, 1.165) is 24.3 Å². The van der Waals surface area contributed by atoms with Gasteiger partial charge in [-0.25, -0.2) is 14.8 Å². The van der Waals surface area contributed by atoms with Crippen LogP contribution in [-0.2, 0) is 9.47 Å². The van der Waals surface area contributed by atoms with Gasteiger partial charge >= 0.3 is 5.97 Å². The van der Waals surface area contributed by atoms with Crippen molar-refractivity contribution in [2.75, 3.05) is 25.6 Å². The third-order valence-corrected chi connectivity index (χ3v) is 5.53. The molecule has 0 saturated carbocycles. The second-order valence-electron chi connectivity index (χ2n) is 7.64. The van der Waals surface area contributed by atoms with E-state index in [-0.39, 0.29) is 24.1 Å². The van der Waals surface area contributed by atoms with Gasteiger partial charge in [0.1, 0.15) is 29.3 Å². The minimum absolute atomic E-state index is 0.0773. The summed E-state index contributed by atoms with van der Waals surface area (Å²) in [6.45, 7) is 3.39. The van der Waals surface area contributed by atoms with E-state index in [2.05, 4.69) is 0 Å². The number of nitrogens with zero attached hydrogens (tertiary/aromatic N) is 3. The predicted molar refractivity (Wildman–Crippen MR) is 121 cm³/mol. The molecule has 0 aliphatic carbocycles. The molecule has 0 unspecified atom stereocenters. The molecule has 1 aliphatic heterocycles. The van der Waals surface area contributed by atoms with E-state index in [1.54, 1.807) is 4.57 Å². The SMILES string of the molecule is CCOc1ccc(-n2c(N)c(C(=O)OC[C@@H]3CCCO3)c3nc4ccccc4nc32)cc1. The summed E-state index contributed by atoms with van der Waals surface area (Å²) in [6, 6.07) is 15.0. The Morgan fingerprint density at radius 1 is 1.16 bits per heavy atom. The van der Waals surface area contributed by atoms with Crippen molar-refractivity contribution in [1.82, 2.24) is 14.5 Å². The average molecular weight is 432 g/mol. The molecule has 1 aliphatic rings. The van der Waals surface area contributed by atoms with Gasteiger partial charge in [-0.2, -0.15) is 0 Å². The first-order valence-electron chi connectivity index (χ1n) is 10.7.